The van der Waals surface area contributed by atoms with Gasteiger partial charge in [-0.15, -0.1) is 11.3 Å². The number of anilines is 1. The summed E-state index contributed by atoms with van der Waals surface area (Å²) in [5.74, 6) is 0.433. The maximum Gasteiger partial charge on any atom is 0.411 e. The Morgan fingerprint density at radius 2 is 1.88 bits per heavy atom. The number of piperidine rings is 1. The molecule has 0 saturated carbocycles. The summed E-state index contributed by atoms with van der Waals surface area (Å²) < 4.78 is 11.3. The Balaban J connectivity index is 1.29. The molecule has 2 heterocycles. The first kappa shape index (κ1) is 22.5. The highest BCUT2D eigenvalue weighted by Gasteiger charge is 2.16. The number of rotatable bonds is 9. The molecule has 1 saturated heterocycles. The van der Waals surface area contributed by atoms with Gasteiger partial charge in [-0.2, -0.15) is 0 Å². The zero-order valence-corrected chi connectivity index (χ0v) is 18.9. The zero-order valence-electron chi connectivity index (χ0n) is 18.1. The van der Waals surface area contributed by atoms with Crippen LogP contribution in [0.1, 0.15) is 24.1 Å². The molecule has 6 nitrogen and oxygen atoms in total. The summed E-state index contributed by atoms with van der Waals surface area (Å²) in [6, 6.07) is 17.8. The fraction of sp³-hybridized carbons (Fsp3) is 0.360. The van der Waals surface area contributed by atoms with Gasteiger partial charge in [0.15, 0.2) is 0 Å². The van der Waals surface area contributed by atoms with Crippen molar-refractivity contribution in [2.75, 3.05) is 31.6 Å². The van der Waals surface area contributed by atoms with Crippen LogP contribution in [0.2, 0.25) is 0 Å². The molecule has 2 aromatic carbocycles. The number of nitrogens with zero attached hydrogens (tertiary/aromatic N) is 1. The molecule has 168 valence electrons. The standard InChI is InChI=1S/C25H29N3O3S/c29-25(31-17-20-10-13-26-14-11-20)28-23-9-5-4-8-22(23)24-27-21(18-32-24)12-15-30-16-19-6-2-1-3-7-19/h1-9,18,20,26H,10-17H2,(H,28,29). The number of nitrogens with one attached hydrogen (secondary N) is 2. The second-order valence-electron chi connectivity index (χ2n) is 7.89. The molecule has 32 heavy (non-hydrogen) atoms. The van der Waals surface area contributed by atoms with Crippen LogP contribution in [-0.4, -0.2) is 37.4 Å². The van der Waals surface area contributed by atoms with Gasteiger partial charge in [-0.25, -0.2) is 9.78 Å². The van der Waals surface area contributed by atoms with Crippen LogP contribution < -0.4 is 10.6 Å². The van der Waals surface area contributed by atoms with E-state index in [2.05, 4.69) is 22.8 Å². The van der Waals surface area contributed by atoms with Gasteiger partial charge in [0.2, 0.25) is 0 Å². The number of benzene rings is 2. The van der Waals surface area contributed by atoms with Crippen molar-refractivity contribution in [1.82, 2.24) is 10.3 Å². The average Bonchev–Trinajstić information content (AvgIpc) is 3.31. The summed E-state index contributed by atoms with van der Waals surface area (Å²) in [6.45, 7) is 3.65. The first-order valence-corrected chi connectivity index (χ1v) is 12.0. The molecule has 1 aliphatic rings. The minimum Gasteiger partial charge on any atom is -0.449 e. The third kappa shape index (κ3) is 6.63. The van der Waals surface area contributed by atoms with E-state index < -0.39 is 6.09 Å². The van der Waals surface area contributed by atoms with Crippen molar-refractivity contribution < 1.29 is 14.3 Å². The van der Waals surface area contributed by atoms with Crippen LogP contribution in [0.25, 0.3) is 10.6 Å². The Bertz CT molecular complexity index is 987. The molecule has 1 aliphatic heterocycles. The van der Waals surface area contributed by atoms with Gasteiger partial charge in [0, 0.05) is 17.4 Å². The number of hydrogen-bond donors (Lipinski definition) is 2. The molecule has 1 amide bonds. The number of carbonyl (C=O) groups excluding carboxylic acids is 1. The van der Waals surface area contributed by atoms with Gasteiger partial charge >= 0.3 is 6.09 Å². The fourth-order valence-corrected chi connectivity index (χ4v) is 4.55. The lowest BCUT2D eigenvalue weighted by molar-refractivity contribution is 0.123. The topological polar surface area (TPSA) is 72.5 Å². The van der Waals surface area contributed by atoms with E-state index in [1.165, 1.54) is 5.56 Å². The van der Waals surface area contributed by atoms with Crippen molar-refractivity contribution in [3.05, 3.63) is 71.2 Å². The van der Waals surface area contributed by atoms with E-state index >= 15 is 0 Å². The highest BCUT2D eigenvalue weighted by Crippen LogP contribution is 2.31. The van der Waals surface area contributed by atoms with Crippen LogP contribution in [0.3, 0.4) is 0 Å². The van der Waals surface area contributed by atoms with Crippen molar-refractivity contribution in [3.63, 3.8) is 0 Å². The quantitative estimate of drug-likeness (QED) is 0.442. The molecule has 0 spiro atoms. The van der Waals surface area contributed by atoms with Crippen LogP contribution in [0.5, 0.6) is 0 Å². The van der Waals surface area contributed by atoms with Gasteiger partial charge < -0.3 is 14.8 Å². The smallest absolute Gasteiger partial charge is 0.411 e. The summed E-state index contributed by atoms with van der Waals surface area (Å²) in [5, 5.41) is 9.14. The highest BCUT2D eigenvalue weighted by atomic mass is 32.1. The lowest BCUT2D eigenvalue weighted by Crippen LogP contribution is -2.31. The van der Waals surface area contributed by atoms with Gasteiger partial charge in [-0.1, -0.05) is 42.5 Å². The van der Waals surface area contributed by atoms with Gasteiger partial charge in [-0.05, 0) is 49.5 Å². The first-order chi connectivity index (χ1) is 15.8. The molecule has 1 fully saturated rings. The predicted octanol–water partition coefficient (Wildman–Crippen LogP) is 5.12. The summed E-state index contributed by atoms with van der Waals surface area (Å²) in [6.07, 6.45) is 2.42. The maximum atomic E-state index is 12.4. The summed E-state index contributed by atoms with van der Waals surface area (Å²) in [5.41, 5.74) is 3.76. The lowest BCUT2D eigenvalue weighted by Gasteiger charge is -2.22. The maximum absolute atomic E-state index is 12.4. The Hall–Kier alpha value is -2.74. The average molecular weight is 452 g/mol. The Morgan fingerprint density at radius 1 is 1.09 bits per heavy atom. The number of aromatic nitrogens is 1. The van der Waals surface area contributed by atoms with Crippen LogP contribution in [0, 0.1) is 5.92 Å². The number of amides is 1. The Morgan fingerprint density at radius 3 is 2.72 bits per heavy atom. The zero-order chi connectivity index (χ0) is 22.0. The van der Waals surface area contributed by atoms with E-state index in [4.69, 9.17) is 14.5 Å². The Labute approximate surface area is 193 Å². The molecule has 0 bridgehead atoms. The minimum atomic E-state index is -0.415. The molecule has 2 N–H and O–H groups in total. The molecule has 0 unspecified atom stereocenters. The molecule has 0 radical (unpaired) electrons. The van der Waals surface area contributed by atoms with Gasteiger partial charge in [0.25, 0.3) is 0 Å². The SMILES string of the molecule is O=C(Nc1ccccc1-c1nc(CCOCc2ccccc2)cs1)OCC1CCNCC1. The summed E-state index contributed by atoms with van der Waals surface area (Å²) in [4.78, 5) is 17.1. The highest BCUT2D eigenvalue weighted by molar-refractivity contribution is 7.13. The summed E-state index contributed by atoms with van der Waals surface area (Å²) in [7, 11) is 0. The molecule has 1 aromatic heterocycles. The second kappa shape index (κ2) is 11.8. The lowest BCUT2D eigenvalue weighted by atomic mass is 9.99. The second-order valence-corrected chi connectivity index (χ2v) is 8.75. The predicted molar refractivity (Wildman–Crippen MR) is 128 cm³/mol. The van der Waals surface area contributed by atoms with Gasteiger partial charge in [-0.3, -0.25) is 5.32 Å². The van der Waals surface area contributed by atoms with Crippen molar-refractivity contribution in [2.24, 2.45) is 5.92 Å². The van der Waals surface area contributed by atoms with Crippen LogP contribution >= 0.6 is 11.3 Å². The number of thiazole rings is 1. The van der Waals surface area contributed by atoms with E-state index in [0.717, 1.165) is 48.6 Å². The molecular formula is C25H29N3O3S. The van der Waals surface area contributed by atoms with E-state index in [1.807, 2.05) is 47.8 Å². The Kier molecular flexibility index (Phi) is 8.25. The largest absolute Gasteiger partial charge is 0.449 e. The van der Waals surface area contributed by atoms with E-state index in [1.54, 1.807) is 11.3 Å². The molecule has 3 aromatic rings. The van der Waals surface area contributed by atoms with Crippen molar-refractivity contribution in [1.29, 1.82) is 0 Å². The third-order valence-corrected chi connectivity index (χ3v) is 6.39. The van der Waals surface area contributed by atoms with Crippen LogP contribution in [0.15, 0.2) is 60.0 Å². The van der Waals surface area contributed by atoms with E-state index in [0.29, 0.717) is 31.4 Å². The molecule has 0 atom stereocenters. The molecule has 7 heteroatoms. The number of ether oxygens (including phenoxy) is 2. The van der Waals surface area contributed by atoms with Crippen LogP contribution in [0.4, 0.5) is 10.5 Å². The first-order valence-electron chi connectivity index (χ1n) is 11.1. The van der Waals surface area contributed by atoms with Crippen LogP contribution in [-0.2, 0) is 22.5 Å². The number of hydrogen-bond acceptors (Lipinski definition) is 6. The van der Waals surface area contributed by atoms with Crippen molar-refractivity contribution in [2.45, 2.75) is 25.9 Å². The van der Waals surface area contributed by atoms with Crippen molar-refractivity contribution in [3.8, 4) is 10.6 Å². The third-order valence-electron chi connectivity index (χ3n) is 5.47. The monoisotopic (exact) mass is 451 g/mol. The van der Waals surface area contributed by atoms with Crippen molar-refractivity contribution >= 4 is 23.1 Å². The summed E-state index contributed by atoms with van der Waals surface area (Å²) >= 11 is 1.57. The number of carbonyl (C=O) groups is 1. The molecule has 4 rings (SSSR count). The molecular weight excluding hydrogens is 422 g/mol. The minimum absolute atomic E-state index is 0.415. The normalized spacial score (nSPS) is 14.2. The van der Waals surface area contributed by atoms with Gasteiger partial charge in [0.05, 0.1) is 31.2 Å². The van der Waals surface area contributed by atoms with E-state index in [-0.39, 0.29) is 0 Å². The van der Waals surface area contributed by atoms with E-state index in [9.17, 15) is 4.79 Å². The fourth-order valence-electron chi connectivity index (χ4n) is 3.65. The number of para-hydroxylation sites is 1. The van der Waals surface area contributed by atoms with Gasteiger partial charge in [0.1, 0.15) is 5.01 Å². The molecule has 0 aliphatic carbocycles.